The highest BCUT2D eigenvalue weighted by Crippen LogP contribution is 2.39. The van der Waals surface area contributed by atoms with Crippen LogP contribution in [0.4, 0.5) is 4.39 Å². The maximum absolute atomic E-state index is 14.4. The van der Waals surface area contributed by atoms with Gasteiger partial charge in [-0.25, -0.2) is 4.39 Å². The Morgan fingerprint density at radius 2 is 1.37 bits per heavy atom. The summed E-state index contributed by atoms with van der Waals surface area (Å²) >= 11 is 0. The van der Waals surface area contributed by atoms with Crippen molar-refractivity contribution in [1.29, 1.82) is 0 Å². The Hall–Kier alpha value is -2.50. The molecule has 0 radical (unpaired) electrons. The minimum atomic E-state index is -0.830. The molecule has 0 spiro atoms. The van der Waals surface area contributed by atoms with Crippen LogP contribution in [0.2, 0.25) is 0 Å². The number of benzene rings is 3. The summed E-state index contributed by atoms with van der Waals surface area (Å²) in [7, 11) is -0.830. The number of hydrogen-bond donors (Lipinski definition) is 0. The molecule has 0 heterocycles. The first kappa shape index (κ1) is 17.9. The Bertz CT molecular complexity index is 977. The van der Waals surface area contributed by atoms with Crippen molar-refractivity contribution in [2.24, 2.45) is 0 Å². The Kier molecular flexibility index (Phi) is 5.05. The molecule has 0 unspecified atom stereocenters. The smallest absolute Gasteiger partial charge is 0.123 e. The number of halogens is 1. The molecule has 3 aromatic rings. The van der Waals surface area contributed by atoms with Gasteiger partial charge in [-0.15, -0.1) is 0 Å². The van der Waals surface area contributed by atoms with E-state index in [4.69, 9.17) is 0 Å². The molecular formula is C25H22FP. The lowest BCUT2D eigenvalue weighted by Crippen LogP contribution is -2.23. The second-order valence-corrected chi connectivity index (χ2v) is 9.18. The first-order chi connectivity index (χ1) is 13.1. The molecule has 0 amide bonds. The lowest BCUT2D eigenvalue weighted by atomic mass is 10.0. The van der Waals surface area contributed by atoms with Crippen LogP contribution >= 0.6 is 7.92 Å². The Morgan fingerprint density at radius 1 is 0.778 bits per heavy atom. The van der Waals surface area contributed by atoms with Crippen LogP contribution in [0.1, 0.15) is 25.8 Å². The average Bonchev–Trinajstić information content (AvgIpc) is 3.02. The second-order valence-electron chi connectivity index (χ2n) is 7.00. The molecule has 1 aliphatic carbocycles. The summed E-state index contributed by atoms with van der Waals surface area (Å²) in [6.07, 6.45) is 3.19. The van der Waals surface area contributed by atoms with Crippen LogP contribution in [0, 0.1) is 5.82 Å². The van der Waals surface area contributed by atoms with Gasteiger partial charge < -0.3 is 0 Å². The second kappa shape index (κ2) is 7.62. The largest absolute Gasteiger partial charge is 0.207 e. The van der Waals surface area contributed by atoms with Gasteiger partial charge in [0.05, 0.1) is 0 Å². The molecule has 0 saturated heterocycles. The molecule has 27 heavy (non-hydrogen) atoms. The van der Waals surface area contributed by atoms with Gasteiger partial charge in [0.1, 0.15) is 5.82 Å². The van der Waals surface area contributed by atoms with Crippen LogP contribution in [-0.4, -0.2) is 0 Å². The minimum Gasteiger partial charge on any atom is -0.207 e. The van der Waals surface area contributed by atoms with E-state index in [9.17, 15) is 4.39 Å². The zero-order chi connectivity index (χ0) is 18.8. The zero-order valence-electron chi connectivity index (χ0n) is 15.6. The summed E-state index contributed by atoms with van der Waals surface area (Å²) < 4.78 is 14.4. The maximum Gasteiger partial charge on any atom is 0.123 e. The summed E-state index contributed by atoms with van der Waals surface area (Å²) in [6, 6.07) is 26.3. The summed E-state index contributed by atoms with van der Waals surface area (Å²) in [5.41, 5.74) is 5.15. The average molecular weight is 372 g/mol. The molecule has 3 aromatic carbocycles. The SMILES string of the molecule is CC1=CC(C)=C(c2ccc(F)cc2P(c2ccccc2)c2ccccc2)C1. The molecule has 0 aromatic heterocycles. The van der Waals surface area contributed by atoms with Gasteiger partial charge in [0, 0.05) is 0 Å². The van der Waals surface area contributed by atoms with Crippen molar-refractivity contribution in [2.75, 3.05) is 0 Å². The zero-order valence-corrected chi connectivity index (χ0v) is 16.5. The highest BCUT2D eigenvalue weighted by atomic mass is 31.1. The van der Waals surface area contributed by atoms with Gasteiger partial charge >= 0.3 is 0 Å². The van der Waals surface area contributed by atoms with Gasteiger partial charge in [-0.05, 0) is 72.9 Å². The third-order valence-corrected chi connectivity index (χ3v) is 7.43. The molecule has 2 heteroatoms. The van der Waals surface area contributed by atoms with Gasteiger partial charge in [0.15, 0.2) is 0 Å². The van der Waals surface area contributed by atoms with Gasteiger partial charge in [0.2, 0.25) is 0 Å². The van der Waals surface area contributed by atoms with E-state index >= 15 is 0 Å². The van der Waals surface area contributed by atoms with Crippen LogP contribution in [0.5, 0.6) is 0 Å². The van der Waals surface area contributed by atoms with E-state index in [1.165, 1.54) is 32.9 Å². The highest BCUT2D eigenvalue weighted by molar-refractivity contribution is 7.80. The van der Waals surface area contributed by atoms with E-state index in [0.29, 0.717) is 0 Å². The van der Waals surface area contributed by atoms with Crippen molar-refractivity contribution in [3.8, 4) is 0 Å². The molecule has 0 saturated carbocycles. The first-order valence-corrected chi connectivity index (χ1v) is 10.5. The van der Waals surface area contributed by atoms with E-state index in [1.807, 2.05) is 18.2 Å². The van der Waals surface area contributed by atoms with E-state index < -0.39 is 7.92 Å². The van der Waals surface area contributed by atoms with E-state index in [1.54, 1.807) is 12.1 Å². The normalized spacial score (nSPS) is 14.0. The topological polar surface area (TPSA) is 0 Å². The van der Waals surface area contributed by atoms with E-state index in [-0.39, 0.29) is 5.82 Å². The summed E-state index contributed by atoms with van der Waals surface area (Å²) in [4.78, 5) is 0. The minimum absolute atomic E-state index is 0.172. The van der Waals surface area contributed by atoms with Crippen molar-refractivity contribution in [3.63, 3.8) is 0 Å². The summed E-state index contributed by atoms with van der Waals surface area (Å²) in [6.45, 7) is 4.32. The molecule has 0 fully saturated rings. The number of rotatable bonds is 4. The molecule has 0 atom stereocenters. The van der Waals surface area contributed by atoms with Crippen LogP contribution in [0.3, 0.4) is 0 Å². The highest BCUT2D eigenvalue weighted by Gasteiger charge is 2.23. The summed E-state index contributed by atoms with van der Waals surface area (Å²) in [5, 5.41) is 3.58. The molecule has 0 bridgehead atoms. The summed E-state index contributed by atoms with van der Waals surface area (Å²) in [5.74, 6) is -0.172. The maximum atomic E-state index is 14.4. The molecule has 4 rings (SSSR count). The Balaban J connectivity index is 1.94. The van der Waals surface area contributed by atoms with Crippen molar-refractivity contribution in [2.45, 2.75) is 20.3 Å². The predicted molar refractivity (Wildman–Crippen MR) is 116 cm³/mol. The third-order valence-electron chi connectivity index (χ3n) is 4.95. The quantitative estimate of drug-likeness (QED) is 0.515. The fourth-order valence-corrected chi connectivity index (χ4v) is 6.26. The third kappa shape index (κ3) is 3.66. The van der Waals surface area contributed by atoms with E-state index in [2.05, 4.69) is 68.5 Å². The molecule has 0 N–H and O–H groups in total. The van der Waals surface area contributed by atoms with Gasteiger partial charge in [-0.3, -0.25) is 0 Å². The Morgan fingerprint density at radius 3 is 1.89 bits per heavy atom. The van der Waals surface area contributed by atoms with Crippen LogP contribution in [0.25, 0.3) is 5.57 Å². The predicted octanol–water partition coefficient (Wildman–Crippen LogP) is 5.71. The standard InChI is InChI=1S/C25H22FP/c1-18-15-19(2)24(16-18)23-14-13-20(26)17-25(23)27(21-9-5-3-6-10-21)22-11-7-4-8-12-22/h3-15,17H,16H2,1-2H3. The van der Waals surface area contributed by atoms with Crippen molar-refractivity contribution >= 4 is 29.4 Å². The van der Waals surface area contributed by atoms with Crippen LogP contribution < -0.4 is 15.9 Å². The van der Waals surface area contributed by atoms with Crippen molar-refractivity contribution in [3.05, 3.63) is 107 Å². The van der Waals surface area contributed by atoms with E-state index in [0.717, 1.165) is 11.7 Å². The number of hydrogen-bond acceptors (Lipinski definition) is 0. The van der Waals surface area contributed by atoms with Crippen molar-refractivity contribution < 1.29 is 4.39 Å². The molecule has 134 valence electrons. The van der Waals surface area contributed by atoms with Gasteiger partial charge in [0.25, 0.3) is 0 Å². The fraction of sp³-hybridized carbons (Fsp3) is 0.120. The Labute approximate surface area is 161 Å². The molecule has 0 aliphatic heterocycles. The molecule has 1 aliphatic rings. The number of allylic oxidation sites excluding steroid dienone is 4. The molecule has 0 nitrogen and oxygen atoms in total. The van der Waals surface area contributed by atoms with Gasteiger partial charge in [-0.2, -0.15) is 0 Å². The van der Waals surface area contributed by atoms with Crippen molar-refractivity contribution in [1.82, 2.24) is 0 Å². The molecular weight excluding hydrogens is 350 g/mol. The first-order valence-electron chi connectivity index (χ1n) is 9.20. The monoisotopic (exact) mass is 372 g/mol. The van der Waals surface area contributed by atoms with Crippen LogP contribution in [0.15, 0.2) is 96.1 Å². The lowest BCUT2D eigenvalue weighted by molar-refractivity contribution is 0.629. The van der Waals surface area contributed by atoms with Gasteiger partial charge in [-0.1, -0.05) is 78.4 Å². The van der Waals surface area contributed by atoms with Crippen LogP contribution in [-0.2, 0) is 0 Å². The fourth-order valence-electron chi connectivity index (χ4n) is 3.76. The lowest BCUT2D eigenvalue weighted by Gasteiger charge is -2.23.